The maximum atomic E-state index is 12.0. The van der Waals surface area contributed by atoms with Crippen molar-refractivity contribution in [2.24, 2.45) is 0 Å². The molecule has 1 aliphatic heterocycles. The lowest BCUT2D eigenvalue weighted by atomic mass is 10.1. The van der Waals surface area contributed by atoms with Crippen LogP contribution in [-0.4, -0.2) is 58.7 Å². The van der Waals surface area contributed by atoms with Crippen molar-refractivity contribution < 1.29 is 9.53 Å². The van der Waals surface area contributed by atoms with Gasteiger partial charge in [-0.2, -0.15) is 0 Å². The summed E-state index contributed by atoms with van der Waals surface area (Å²) in [5, 5.41) is 1.24. The first kappa shape index (κ1) is 21.3. The first-order valence-electron chi connectivity index (χ1n) is 11.1. The number of rotatable bonds is 4. The van der Waals surface area contributed by atoms with E-state index in [1.807, 2.05) is 32.3 Å². The summed E-state index contributed by atoms with van der Waals surface area (Å²) in [4.78, 5) is 31.0. The number of piperazine rings is 1. The topological polar surface area (TPSA) is 71.5 Å². The highest BCUT2D eigenvalue weighted by Crippen LogP contribution is 2.34. The van der Waals surface area contributed by atoms with Crippen LogP contribution in [0.3, 0.4) is 0 Å². The summed E-state index contributed by atoms with van der Waals surface area (Å²) >= 11 is 1.77. The van der Waals surface area contributed by atoms with E-state index < -0.39 is 0 Å². The van der Waals surface area contributed by atoms with E-state index in [1.54, 1.807) is 16.2 Å². The lowest BCUT2D eigenvalue weighted by molar-refractivity contribution is 0.105. The SMILES string of the molecule is CCOC(=O)N1CCN(c2cc(-c3cncc(-c4cc5ccccc5s4)c3)nc(C)n2)CC1. The molecule has 33 heavy (non-hydrogen) atoms. The number of fused-ring (bicyclic) bond motifs is 1. The molecular formula is C25H25N5O2S. The minimum Gasteiger partial charge on any atom is -0.450 e. The molecule has 0 atom stereocenters. The molecule has 5 rings (SSSR count). The van der Waals surface area contributed by atoms with E-state index in [-0.39, 0.29) is 6.09 Å². The van der Waals surface area contributed by atoms with Gasteiger partial charge in [0.25, 0.3) is 0 Å². The Morgan fingerprint density at radius 1 is 1.03 bits per heavy atom. The van der Waals surface area contributed by atoms with Crippen LogP contribution in [0.15, 0.2) is 54.9 Å². The van der Waals surface area contributed by atoms with E-state index in [4.69, 9.17) is 4.74 Å². The van der Waals surface area contributed by atoms with Crippen molar-refractivity contribution in [3.05, 3.63) is 60.7 Å². The lowest BCUT2D eigenvalue weighted by Gasteiger charge is -2.34. The van der Waals surface area contributed by atoms with Gasteiger partial charge in [-0.15, -0.1) is 11.3 Å². The number of carbonyl (C=O) groups is 1. The molecule has 1 aliphatic rings. The number of benzene rings is 1. The Morgan fingerprint density at radius 2 is 1.82 bits per heavy atom. The van der Waals surface area contributed by atoms with Crippen LogP contribution in [-0.2, 0) is 4.74 Å². The van der Waals surface area contributed by atoms with Crippen molar-refractivity contribution in [2.75, 3.05) is 37.7 Å². The molecule has 1 fully saturated rings. The van der Waals surface area contributed by atoms with Gasteiger partial charge in [0.15, 0.2) is 0 Å². The molecule has 1 amide bonds. The van der Waals surface area contributed by atoms with Crippen molar-refractivity contribution in [2.45, 2.75) is 13.8 Å². The predicted molar refractivity (Wildman–Crippen MR) is 132 cm³/mol. The molecule has 0 bridgehead atoms. The second kappa shape index (κ2) is 9.15. The standard InChI is InChI=1S/C25H25N5O2S/c1-3-32-25(31)30-10-8-29(9-11-30)24-14-21(27-17(2)28-24)19-12-20(16-26-15-19)23-13-18-6-4-5-7-22(18)33-23/h4-7,12-16H,3,8-11H2,1-2H3. The smallest absolute Gasteiger partial charge is 0.409 e. The first-order chi connectivity index (χ1) is 16.1. The Hall–Kier alpha value is -3.52. The Kier molecular flexibility index (Phi) is 5.92. The van der Waals surface area contributed by atoms with Gasteiger partial charge < -0.3 is 14.5 Å². The predicted octanol–water partition coefficient (Wildman–Crippen LogP) is 5.01. The molecule has 168 valence electrons. The van der Waals surface area contributed by atoms with Crippen LogP contribution in [0.5, 0.6) is 0 Å². The Labute approximate surface area is 196 Å². The monoisotopic (exact) mass is 459 g/mol. The van der Waals surface area contributed by atoms with Crippen LogP contribution in [0.25, 0.3) is 31.8 Å². The minimum atomic E-state index is -0.249. The van der Waals surface area contributed by atoms with Gasteiger partial charge in [0.2, 0.25) is 0 Å². The molecule has 1 aromatic carbocycles. The molecule has 4 aromatic rings. The highest BCUT2D eigenvalue weighted by atomic mass is 32.1. The summed E-state index contributed by atoms with van der Waals surface area (Å²) in [5.74, 6) is 1.58. The quantitative estimate of drug-likeness (QED) is 0.427. The summed E-state index contributed by atoms with van der Waals surface area (Å²) in [7, 11) is 0. The fraction of sp³-hybridized carbons (Fsp3) is 0.280. The van der Waals surface area contributed by atoms with Gasteiger partial charge in [-0.05, 0) is 37.4 Å². The zero-order chi connectivity index (χ0) is 22.8. The number of aryl methyl sites for hydroxylation is 1. The summed E-state index contributed by atoms with van der Waals surface area (Å²) in [6, 6.07) is 14.8. The van der Waals surface area contributed by atoms with E-state index in [2.05, 4.69) is 56.3 Å². The number of aromatic nitrogens is 3. The second-order valence-corrected chi connectivity index (χ2v) is 9.03. The number of anilines is 1. The highest BCUT2D eigenvalue weighted by Gasteiger charge is 2.23. The lowest BCUT2D eigenvalue weighted by Crippen LogP contribution is -2.49. The van der Waals surface area contributed by atoms with Gasteiger partial charge in [0.1, 0.15) is 11.6 Å². The molecule has 0 saturated carbocycles. The number of nitrogens with zero attached hydrogens (tertiary/aromatic N) is 5. The maximum Gasteiger partial charge on any atom is 0.409 e. The van der Waals surface area contributed by atoms with Crippen molar-refractivity contribution in [3.63, 3.8) is 0 Å². The molecular weight excluding hydrogens is 434 g/mol. The molecule has 0 radical (unpaired) electrons. The summed E-state index contributed by atoms with van der Waals surface area (Å²) in [6.45, 7) is 6.75. The van der Waals surface area contributed by atoms with Crippen LogP contribution in [0, 0.1) is 6.92 Å². The van der Waals surface area contributed by atoms with E-state index >= 15 is 0 Å². The Balaban J connectivity index is 1.39. The van der Waals surface area contributed by atoms with Crippen molar-refractivity contribution in [1.29, 1.82) is 0 Å². The number of hydrogen-bond acceptors (Lipinski definition) is 7. The first-order valence-corrected chi connectivity index (χ1v) is 11.9. The van der Waals surface area contributed by atoms with Gasteiger partial charge in [0.05, 0.1) is 12.3 Å². The highest BCUT2D eigenvalue weighted by molar-refractivity contribution is 7.22. The van der Waals surface area contributed by atoms with Crippen molar-refractivity contribution >= 4 is 33.3 Å². The number of pyridine rings is 1. The molecule has 0 unspecified atom stereocenters. The van der Waals surface area contributed by atoms with Crippen molar-refractivity contribution in [1.82, 2.24) is 19.9 Å². The third-order valence-corrected chi connectivity index (χ3v) is 6.86. The number of hydrogen-bond donors (Lipinski definition) is 0. The van der Waals surface area contributed by atoms with E-state index in [0.29, 0.717) is 38.6 Å². The fourth-order valence-corrected chi connectivity index (χ4v) is 5.08. The third kappa shape index (κ3) is 4.52. The normalized spacial score (nSPS) is 14.0. The molecule has 4 heterocycles. The summed E-state index contributed by atoms with van der Waals surface area (Å²) in [6.07, 6.45) is 3.50. The number of ether oxygens (including phenoxy) is 1. The molecule has 0 aliphatic carbocycles. The van der Waals surface area contributed by atoms with E-state index in [9.17, 15) is 4.79 Å². The van der Waals surface area contributed by atoms with E-state index in [1.165, 1.54) is 15.0 Å². The minimum absolute atomic E-state index is 0.249. The molecule has 0 N–H and O–H groups in total. The second-order valence-electron chi connectivity index (χ2n) is 7.94. The summed E-state index contributed by atoms with van der Waals surface area (Å²) < 4.78 is 6.39. The van der Waals surface area contributed by atoms with Gasteiger partial charge in [-0.1, -0.05) is 18.2 Å². The van der Waals surface area contributed by atoms with Crippen LogP contribution < -0.4 is 4.90 Å². The van der Waals surface area contributed by atoms with Crippen LogP contribution >= 0.6 is 11.3 Å². The largest absolute Gasteiger partial charge is 0.450 e. The molecule has 3 aromatic heterocycles. The molecule has 1 saturated heterocycles. The van der Waals surface area contributed by atoms with Crippen LogP contribution in [0.4, 0.5) is 10.6 Å². The average Bonchev–Trinajstić information content (AvgIpc) is 3.28. The fourth-order valence-electron chi connectivity index (χ4n) is 4.03. The van der Waals surface area contributed by atoms with Crippen molar-refractivity contribution in [3.8, 4) is 21.7 Å². The number of carbonyl (C=O) groups excluding carboxylic acids is 1. The zero-order valence-electron chi connectivity index (χ0n) is 18.7. The van der Waals surface area contributed by atoms with Gasteiger partial charge in [-0.25, -0.2) is 14.8 Å². The maximum absolute atomic E-state index is 12.0. The third-order valence-electron chi connectivity index (χ3n) is 5.70. The molecule has 0 spiro atoms. The molecule has 8 heteroatoms. The van der Waals surface area contributed by atoms with Crippen LogP contribution in [0.1, 0.15) is 12.7 Å². The zero-order valence-corrected chi connectivity index (χ0v) is 19.5. The van der Waals surface area contributed by atoms with Gasteiger partial charge in [0, 0.05) is 65.3 Å². The van der Waals surface area contributed by atoms with Crippen LogP contribution in [0.2, 0.25) is 0 Å². The molecule has 7 nitrogen and oxygen atoms in total. The van der Waals surface area contributed by atoms with Gasteiger partial charge >= 0.3 is 6.09 Å². The Bertz CT molecular complexity index is 1260. The van der Waals surface area contributed by atoms with E-state index in [0.717, 1.165) is 22.6 Å². The number of amides is 1. The summed E-state index contributed by atoms with van der Waals surface area (Å²) in [5.41, 5.74) is 2.89. The number of thiophene rings is 1. The average molecular weight is 460 g/mol. The Morgan fingerprint density at radius 3 is 2.61 bits per heavy atom. The van der Waals surface area contributed by atoms with Gasteiger partial charge in [-0.3, -0.25) is 4.98 Å².